The number of esters is 1. The maximum atomic E-state index is 12.1. The first kappa shape index (κ1) is 13.9. The van der Waals surface area contributed by atoms with E-state index in [1.807, 2.05) is 36.2 Å². The van der Waals surface area contributed by atoms with Gasteiger partial charge in [-0.1, -0.05) is 23.9 Å². The third-order valence-corrected chi connectivity index (χ3v) is 4.78. The number of carbonyl (C=O) groups is 2. The van der Waals surface area contributed by atoms with E-state index in [0.29, 0.717) is 18.5 Å². The van der Waals surface area contributed by atoms with Gasteiger partial charge in [0.1, 0.15) is 0 Å². The van der Waals surface area contributed by atoms with Gasteiger partial charge in [-0.05, 0) is 18.2 Å². The van der Waals surface area contributed by atoms with Gasteiger partial charge in [0.05, 0.1) is 18.4 Å². The molecule has 0 amide bonds. The van der Waals surface area contributed by atoms with Crippen LogP contribution < -0.4 is 4.90 Å². The van der Waals surface area contributed by atoms with Crippen LogP contribution in [0.15, 0.2) is 45.7 Å². The smallest absolute Gasteiger partial charge is 0.337 e. The Balaban J connectivity index is 2.03. The van der Waals surface area contributed by atoms with Gasteiger partial charge in [0.25, 0.3) is 0 Å². The van der Waals surface area contributed by atoms with Crippen LogP contribution in [0.1, 0.15) is 16.8 Å². The number of ketones is 1. The Bertz CT molecular complexity index is 691. The van der Waals surface area contributed by atoms with Gasteiger partial charge >= 0.3 is 5.97 Å². The van der Waals surface area contributed by atoms with Crippen LogP contribution in [0.4, 0.5) is 5.69 Å². The average Bonchev–Trinajstić information content (AvgIpc) is 2.63. The molecule has 0 fully saturated rings. The molecule has 1 heterocycles. The molecule has 0 saturated carbocycles. The molecule has 1 aliphatic heterocycles. The van der Waals surface area contributed by atoms with E-state index in [1.54, 1.807) is 17.8 Å². The summed E-state index contributed by atoms with van der Waals surface area (Å²) in [5, 5.41) is 0. The van der Waals surface area contributed by atoms with E-state index >= 15 is 0 Å². The van der Waals surface area contributed by atoms with Crippen LogP contribution in [0.3, 0.4) is 0 Å². The van der Waals surface area contributed by atoms with Gasteiger partial charge in [-0.3, -0.25) is 4.79 Å². The molecule has 1 aliphatic carbocycles. The summed E-state index contributed by atoms with van der Waals surface area (Å²) in [6.07, 6.45) is 4.39. The highest BCUT2D eigenvalue weighted by Gasteiger charge is 2.25. The normalized spacial score (nSPS) is 17.2. The van der Waals surface area contributed by atoms with E-state index in [-0.39, 0.29) is 11.8 Å². The van der Waals surface area contributed by atoms with E-state index in [1.165, 1.54) is 7.11 Å². The second-order valence-electron chi connectivity index (χ2n) is 5.00. The zero-order chi connectivity index (χ0) is 15.0. The molecule has 0 N–H and O–H groups in total. The SMILES string of the molecule is COC(=O)c1ccc2c(c1)N(C)CC1=C(C=CCC1=O)S2. The molecule has 1 aromatic rings. The van der Waals surface area contributed by atoms with Crippen molar-refractivity contribution in [1.82, 2.24) is 0 Å². The molecule has 4 nitrogen and oxygen atoms in total. The van der Waals surface area contributed by atoms with Crippen LogP contribution in [0.2, 0.25) is 0 Å². The maximum Gasteiger partial charge on any atom is 0.337 e. The van der Waals surface area contributed by atoms with Gasteiger partial charge in [-0.2, -0.15) is 0 Å². The monoisotopic (exact) mass is 301 g/mol. The number of hydrogen-bond acceptors (Lipinski definition) is 5. The number of fused-ring (bicyclic) bond motifs is 1. The van der Waals surface area contributed by atoms with E-state index in [4.69, 9.17) is 4.74 Å². The first-order valence-electron chi connectivity index (χ1n) is 6.64. The molecule has 0 radical (unpaired) electrons. The van der Waals surface area contributed by atoms with E-state index in [0.717, 1.165) is 21.1 Å². The predicted molar refractivity (Wildman–Crippen MR) is 82.7 cm³/mol. The highest BCUT2D eigenvalue weighted by molar-refractivity contribution is 8.03. The fourth-order valence-electron chi connectivity index (χ4n) is 2.48. The summed E-state index contributed by atoms with van der Waals surface area (Å²) in [6.45, 7) is 0.559. The number of thioether (sulfide) groups is 1. The number of allylic oxidation sites excluding steroid dienone is 2. The quantitative estimate of drug-likeness (QED) is 0.746. The highest BCUT2D eigenvalue weighted by atomic mass is 32.2. The van der Waals surface area contributed by atoms with Crippen molar-refractivity contribution in [3.8, 4) is 0 Å². The Morgan fingerprint density at radius 2 is 2.19 bits per heavy atom. The molecule has 3 rings (SSSR count). The number of carbonyl (C=O) groups excluding carboxylic acids is 2. The van der Waals surface area contributed by atoms with Crippen molar-refractivity contribution in [2.24, 2.45) is 0 Å². The Kier molecular flexibility index (Phi) is 3.59. The Hall–Kier alpha value is -2.01. The molecule has 108 valence electrons. The lowest BCUT2D eigenvalue weighted by Crippen LogP contribution is -2.24. The first-order chi connectivity index (χ1) is 10.1. The van der Waals surface area contributed by atoms with Crippen molar-refractivity contribution in [2.45, 2.75) is 11.3 Å². The largest absolute Gasteiger partial charge is 0.465 e. The number of methoxy groups -OCH3 is 1. The number of benzene rings is 1. The summed E-state index contributed by atoms with van der Waals surface area (Å²) in [5.74, 6) is -0.179. The number of rotatable bonds is 1. The summed E-state index contributed by atoms with van der Waals surface area (Å²) in [6, 6.07) is 5.48. The number of likely N-dealkylation sites (N-methyl/N-ethyl adjacent to an activating group) is 1. The number of ether oxygens (including phenoxy) is 1. The van der Waals surface area contributed by atoms with Crippen molar-refractivity contribution in [3.63, 3.8) is 0 Å². The Morgan fingerprint density at radius 3 is 2.95 bits per heavy atom. The van der Waals surface area contributed by atoms with Crippen LogP contribution in [0.5, 0.6) is 0 Å². The number of Topliss-reactive ketones (excluding diaryl/α,β-unsaturated/α-hetero) is 1. The maximum absolute atomic E-state index is 12.1. The first-order valence-corrected chi connectivity index (χ1v) is 7.46. The molecule has 0 aromatic heterocycles. The van der Waals surface area contributed by atoms with E-state index in [2.05, 4.69) is 0 Å². The standard InChI is InChI=1S/C16H15NO3S/c1-17-9-11-13(18)4-3-5-14(11)21-15-7-6-10(8-12(15)17)16(19)20-2/h3,5-8H,4,9H2,1-2H3. The summed E-state index contributed by atoms with van der Waals surface area (Å²) >= 11 is 1.58. The minimum atomic E-state index is -0.353. The molecular weight excluding hydrogens is 286 g/mol. The summed E-state index contributed by atoms with van der Waals surface area (Å²) < 4.78 is 4.77. The second-order valence-corrected chi connectivity index (χ2v) is 6.09. The number of nitrogens with zero attached hydrogens (tertiary/aromatic N) is 1. The lowest BCUT2D eigenvalue weighted by atomic mass is 10.0. The van der Waals surface area contributed by atoms with Gasteiger partial charge in [-0.25, -0.2) is 4.79 Å². The minimum Gasteiger partial charge on any atom is -0.465 e. The predicted octanol–water partition coefficient (Wildman–Crippen LogP) is 2.80. The molecule has 0 unspecified atom stereocenters. The summed E-state index contributed by atoms with van der Waals surface area (Å²) in [4.78, 5) is 27.8. The lowest BCUT2D eigenvalue weighted by molar-refractivity contribution is -0.114. The highest BCUT2D eigenvalue weighted by Crippen LogP contribution is 2.41. The van der Waals surface area contributed by atoms with Crippen molar-refractivity contribution in [1.29, 1.82) is 0 Å². The molecule has 21 heavy (non-hydrogen) atoms. The van der Waals surface area contributed by atoms with Gasteiger partial charge in [0.15, 0.2) is 5.78 Å². The molecule has 1 aromatic carbocycles. The molecular formula is C16H15NO3S. The lowest BCUT2D eigenvalue weighted by Gasteiger charge is -2.21. The van der Waals surface area contributed by atoms with E-state index < -0.39 is 0 Å². The second kappa shape index (κ2) is 5.41. The number of anilines is 1. The minimum absolute atomic E-state index is 0.174. The summed E-state index contributed by atoms with van der Waals surface area (Å²) in [5.41, 5.74) is 2.31. The molecule has 5 heteroatoms. The molecule has 0 bridgehead atoms. The fraction of sp³-hybridized carbons (Fsp3) is 0.250. The average molecular weight is 301 g/mol. The fourth-order valence-corrected chi connectivity index (χ4v) is 3.64. The van der Waals surface area contributed by atoms with Gasteiger partial charge in [0, 0.05) is 35.4 Å². The van der Waals surface area contributed by atoms with Crippen LogP contribution >= 0.6 is 11.8 Å². The third kappa shape index (κ3) is 2.49. The Labute approximate surface area is 127 Å². The van der Waals surface area contributed by atoms with Gasteiger partial charge in [-0.15, -0.1) is 0 Å². The van der Waals surface area contributed by atoms with Gasteiger partial charge in [0.2, 0.25) is 0 Å². The van der Waals surface area contributed by atoms with Crippen molar-refractivity contribution >= 4 is 29.2 Å². The summed E-state index contributed by atoms with van der Waals surface area (Å²) in [7, 11) is 3.30. The van der Waals surface area contributed by atoms with Gasteiger partial charge < -0.3 is 9.64 Å². The van der Waals surface area contributed by atoms with Crippen LogP contribution in [-0.4, -0.2) is 32.5 Å². The zero-order valence-electron chi connectivity index (χ0n) is 11.9. The zero-order valence-corrected chi connectivity index (χ0v) is 12.7. The van der Waals surface area contributed by atoms with Crippen LogP contribution in [-0.2, 0) is 9.53 Å². The van der Waals surface area contributed by atoms with Crippen molar-refractivity contribution < 1.29 is 14.3 Å². The Morgan fingerprint density at radius 1 is 1.38 bits per heavy atom. The molecule has 0 spiro atoms. The van der Waals surface area contributed by atoms with E-state index in [9.17, 15) is 9.59 Å². The molecule has 0 atom stereocenters. The molecule has 2 aliphatic rings. The topological polar surface area (TPSA) is 46.6 Å². The van der Waals surface area contributed by atoms with Crippen molar-refractivity contribution in [2.75, 3.05) is 25.6 Å². The number of hydrogen-bond donors (Lipinski definition) is 0. The van der Waals surface area contributed by atoms with Crippen LogP contribution in [0.25, 0.3) is 0 Å². The molecule has 0 saturated heterocycles. The van der Waals surface area contributed by atoms with Crippen molar-refractivity contribution in [3.05, 3.63) is 46.4 Å². The van der Waals surface area contributed by atoms with Crippen LogP contribution in [0, 0.1) is 0 Å². The third-order valence-electron chi connectivity index (χ3n) is 3.61.